The molecular formula is C18H28NO4+. The number of benzene rings is 1. The molecule has 0 heterocycles. The maximum atomic E-state index is 11.5. The summed E-state index contributed by atoms with van der Waals surface area (Å²) in [6.07, 6.45) is 3.29. The number of rotatable bonds is 10. The number of ether oxygens (including phenoxy) is 2. The average Bonchev–Trinajstić information content (AvgIpc) is 3.36. The molecule has 0 aromatic heterocycles. The highest BCUT2D eigenvalue weighted by Gasteiger charge is 2.27. The first-order valence-corrected chi connectivity index (χ1v) is 8.45. The molecule has 23 heavy (non-hydrogen) atoms. The molecule has 5 heteroatoms. The first kappa shape index (κ1) is 17.8. The third-order valence-electron chi connectivity index (χ3n) is 4.10. The summed E-state index contributed by atoms with van der Waals surface area (Å²) in [5.41, 5.74) is 0.450. The van der Waals surface area contributed by atoms with Crippen molar-refractivity contribution >= 4 is 5.97 Å². The molecule has 2 rings (SSSR count). The van der Waals surface area contributed by atoms with Crippen LogP contribution in [0.25, 0.3) is 0 Å². The van der Waals surface area contributed by atoms with Gasteiger partial charge >= 0.3 is 5.97 Å². The molecule has 2 N–H and O–H groups in total. The maximum absolute atomic E-state index is 11.5. The van der Waals surface area contributed by atoms with Gasteiger partial charge in [-0.1, -0.05) is 13.0 Å². The number of hydrogen-bond acceptors (Lipinski definition) is 4. The molecule has 1 aromatic carbocycles. The van der Waals surface area contributed by atoms with E-state index in [2.05, 4.69) is 6.92 Å². The van der Waals surface area contributed by atoms with Gasteiger partial charge in [-0.15, -0.1) is 0 Å². The molecule has 0 amide bonds. The van der Waals surface area contributed by atoms with Crippen LogP contribution < -0.4 is 9.64 Å². The van der Waals surface area contributed by atoms with Crippen molar-refractivity contribution < 1.29 is 24.3 Å². The van der Waals surface area contributed by atoms with Gasteiger partial charge < -0.3 is 19.5 Å². The largest absolute Gasteiger partial charge is 0.491 e. The van der Waals surface area contributed by atoms with E-state index in [-0.39, 0.29) is 12.6 Å². The third kappa shape index (κ3) is 6.20. The molecule has 128 valence electrons. The molecule has 1 unspecified atom stereocenters. The molecule has 0 saturated heterocycles. The predicted molar refractivity (Wildman–Crippen MR) is 87.9 cm³/mol. The van der Waals surface area contributed by atoms with Gasteiger partial charge in [0.2, 0.25) is 0 Å². The van der Waals surface area contributed by atoms with Crippen LogP contribution in [-0.2, 0) is 4.74 Å². The van der Waals surface area contributed by atoms with Crippen LogP contribution >= 0.6 is 0 Å². The number of quaternary nitrogens is 1. The van der Waals surface area contributed by atoms with Gasteiger partial charge in [0.25, 0.3) is 0 Å². The average molecular weight is 322 g/mol. The Morgan fingerprint density at radius 3 is 2.87 bits per heavy atom. The lowest BCUT2D eigenvalue weighted by Crippen LogP contribution is -3.13. The quantitative estimate of drug-likeness (QED) is 0.629. The summed E-state index contributed by atoms with van der Waals surface area (Å²) in [4.78, 5) is 13.0. The standard InChI is InChI=1S/C18H27NO4/c1-3-9-19(11-14-7-8-14)12-16(20)13-23-17-6-4-5-15(10-17)18(21)22-2/h4-6,10,14,16,20H,3,7-9,11-13H2,1-2H3/p+1/t16-/m1/s1. The van der Waals surface area contributed by atoms with Crippen LogP contribution in [-0.4, -0.2) is 50.5 Å². The molecule has 0 radical (unpaired) electrons. The Morgan fingerprint density at radius 2 is 2.22 bits per heavy atom. The summed E-state index contributed by atoms with van der Waals surface area (Å²) in [6.45, 7) is 5.37. The molecule has 1 aromatic rings. The summed E-state index contributed by atoms with van der Waals surface area (Å²) in [5.74, 6) is 1.03. The fraction of sp³-hybridized carbons (Fsp3) is 0.611. The topological polar surface area (TPSA) is 60.2 Å². The minimum absolute atomic E-state index is 0.239. The van der Waals surface area contributed by atoms with Gasteiger partial charge in [0.05, 0.1) is 25.8 Å². The maximum Gasteiger partial charge on any atom is 0.337 e. The van der Waals surface area contributed by atoms with Crippen molar-refractivity contribution in [2.75, 3.05) is 33.4 Å². The van der Waals surface area contributed by atoms with Crippen molar-refractivity contribution in [3.63, 3.8) is 0 Å². The van der Waals surface area contributed by atoms with Gasteiger partial charge in [-0.25, -0.2) is 4.79 Å². The highest BCUT2D eigenvalue weighted by molar-refractivity contribution is 5.89. The fourth-order valence-corrected chi connectivity index (χ4v) is 2.79. The van der Waals surface area contributed by atoms with Crippen molar-refractivity contribution in [3.8, 4) is 5.75 Å². The van der Waals surface area contributed by atoms with Gasteiger partial charge in [-0.05, 0) is 37.5 Å². The van der Waals surface area contributed by atoms with Crippen molar-refractivity contribution in [1.29, 1.82) is 0 Å². The lowest BCUT2D eigenvalue weighted by atomic mass is 10.2. The summed E-state index contributed by atoms with van der Waals surface area (Å²) < 4.78 is 10.3. The minimum atomic E-state index is -0.503. The van der Waals surface area contributed by atoms with Crippen LogP contribution in [0.4, 0.5) is 0 Å². The number of esters is 1. The van der Waals surface area contributed by atoms with Gasteiger partial charge in [0.15, 0.2) is 0 Å². The molecule has 0 bridgehead atoms. The lowest BCUT2D eigenvalue weighted by Gasteiger charge is -2.22. The van der Waals surface area contributed by atoms with Crippen molar-refractivity contribution in [3.05, 3.63) is 29.8 Å². The van der Waals surface area contributed by atoms with Crippen LogP contribution in [0, 0.1) is 5.92 Å². The highest BCUT2D eigenvalue weighted by atomic mass is 16.5. The van der Waals surface area contributed by atoms with E-state index in [0.717, 1.165) is 25.4 Å². The SMILES string of the molecule is CCC[NH+](CC1CC1)C[C@@H](O)COc1cccc(C(=O)OC)c1. The van der Waals surface area contributed by atoms with Crippen LogP contribution in [0.1, 0.15) is 36.5 Å². The number of aliphatic hydroxyl groups is 1. The second-order valence-corrected chi connectivity index (χ2v) is 6.34. The molecule has 0 aliphatic heterocycles. The fourth-order valence-electron chi connectivity index (χ4n) is 2.79. The molecule has 1 saturated carbocycles. The van der Waals surface area contributed by atoms with Gasteiger partial charge in [0, 0.05) is 5.92 Å². The van der Waals surface area contributed by atoms with Gasteiger partial charge in [-0.2, -0.15) is 0 Å². The van der Waals surface area contributed by atoms with E-state index in [1.54, 1.807) is 24.3 Å². The Balaban J connectivity index is 1.80. The van der Waals surface area contributed by atoms with E-state index in [0.29, 0.717) is 17.9 Å². The van der Waals surface area contributed by atoms with E-state index in [1.807, 2.05) is 0 Å². The first-order valence-electron chi connectivity index (χ1n) is 8.45. The Morgan fingerprint density at radius 1 is 1.43 bits per heavy atom. The Kier molecular flexibility index (Phi) is 6.86. The van der Waals surface area contributed by atoms with E-state index < -0.39 is 6.10 Å². The van der Waals surface area contributed by atoms with Crippen molar-refractivity contribution in [1.82, 2.24) is 0 Å². The molecule has 1 aliphatic rings. The second-order valence-electron chi connectivity index (χ2n) is 6.34. The number of carbonyl (C=O) groups excluding carboxylic acids is 1. The highest BCUT2D eigenvalue weighted by Crippen LogP contribution is 2.26. The van der Waals surface area contributed by atoms with Crippen molar-refractivity contribution in [2.24, 2.45) is 5.92 Å². The Labute approximate surface area is 138 Å². The summed E-state index contributed by atoms with van der Waals surface area (Å²) >= 11 is 0. The lowest BCUT2D eigenvalue weighted by molar-refractivity contribution is -0.905. The molecule has 2 atom stereocenters. The Bertz CT molecular complexity index is 502. The summed E-state index contributed by atoms with van der Waals surface area (Å²) in [6, 6.07) is 6.84. The zero-order valence-corrected chi connectivity index (χ0v) is 14.1. The van der Waals surface area contributed by atoms with Gasteiger partial charge in [-0.3, -0.25) is 0 Å². The van der Waals surface area contributed by atoms with E-state index in [9.17, 15) is 9.90 Å². The molecule has 1 fully saturated rings. The molecule has 0 spiro atoms. The molecule has 1 aliphatic carbocycles. The zero-order chi connectivity index (χ0) is 16.7. The summed E-state index contributed by atoms with van der Waals surface area (Å²) in [7, 11) is 1.35. The van der Waals surface area contributed by atoms with Crippen LogP contribution in [0.3, 0.4) is 0 Å². The monoisotopic (exact) mass is 322 g/mol. The Hall–Kier alpha value is -1.59. The third-order valence-corrected chi connectivity index (χ3v) is 4.10. The van der Waals surface area contributed by atoms with E-state index in [1.165, 1.54) is 24.9 Å². The predicted octanol–water partition coefficient (Wildman–Crippen LogP) is 0.918. The van der Waals surface area contributed by atoms with Crippen LogP contribution in [0.5, 0.6) is 5.75 Å². The molecular weight excluding hydrogens is 294 g/mol. The normalized spacial score (nSPS) is 16.7. The molecule has 5 nitrogen and oxygen atoms in total. The van der Waals surface area contributed by atoms with Crippen molar-refractivity contribution in [2.45, 2.75) is 32.3 Å². The van der Waals surface area contributed by atoms with E-state index in [4.69, 9.17) is 9.47 Å². The zero-order valence-electron chi connectivity index (χ0n) is 14.1. The number of hydrogen-bond donors (Lipinski definition) is 2. The summed E-state index contributed by atoms with van der Waals surface area (Å²) in [5, 5.41) is 10.2. The van der Waals surface area contributed by atoms with Gasteiger partial charge in [0.1, 0.15) is 25.0 Å². The number of methoxy groups -OCH3 is 1. The number of carbonyl (C=O) groups is 1. The second kappa shape index (κ2) is 8.89. The first-order chi connectivity index (χ1) is 11.1. The smallest absolute Gasteiger partial charge is 0.337 e. The number of aliphatic hydroxyl groups excluding tert-OH is 1. The van der Waals surface area contributed by atoms with Crippen LogP contribution in [0.2, 0.25) is 0 Å². The van der Waals surface area contributed by atoms with E-state index >= 15 is 0 Å². The number of nitrogens with one attached hydrogen (secondary N) is 1. The minimum Gasteiger partial charge on any atom is -0.491 e. The van der Waals surface area contributed by atoms with Crippen LogP contribution in [0.15, 0.2) is 24.3 Å².